The van der Waals surface area contributed by atoms with Gasteiger partial charge in [0.15, 0.2) is 0 Å². The lowest BCUT2D eigenvalue weighted by molar-refractivity contribution is 0.102. The summed E-state index contributed by atoms with van der Waals surface area (Å²) in [6.07, 6.45) is 3.95. The van der Waals surface area contributed by atoms with E-state index in [2.05, 4.69) is 22.1 Å². The number of hydrogen-bond donors (Lipinski definition) is 1. The number of rotatable bonds is 4. The van der Waals surface area contributed by atoms with Gasteiger partial charge in [-0.1, -0.05) is 19.1 Å². The molecule has 1 saturated heterocycles. The summed E-state index contributed by atoms with van der Waals surface area (Å²) in [5.74, 6) is 0.755. The van der Waals surface area contributed by atoms with Crippen LogP contribution in [0.1, 0.15) is 41.4 Å². The fourth-order valence-corrected chi connectivity index (χ4v) is 4.04. The number of fused-ring (bicyclic) bond motifs is 1. The summed E-state index contributed by atoms with van der Waals surface area (Å²) in [5, 5.41) is 3.08. The Morgan fingerprint density at radius 2 is 2.07 bits per heavy atom. The van der Waals surface area contributed by atoms with Crippen molar-refractivity contribution in [3.05, 3.63) is 57.8 Å². The molecule has 0 saturated carbocycles. The third kappa shape index (κ3) is 3.96. The predicted molar refractivity (Wildman–Crippen MR) is 112 cm³/mol. The van der Waals surface area contributed by atoms with Crippen LogP contribution in [0.4, 0.5) is 5.69 Å². The maximum atomic E-state index is 12.9. The molecule has 1 aliphatic rings. The molecule has 3 heterocycles. The molecule has 2 aromatic heterocycles. The van der Waals surface area contributed by atoms with Crippen LogP contribution in [0.3, 0.4) is 0 Å². The van der Waals surface area contributed by atoms with Gasteiger partial charge in [-0.25, -0.2) is 4.98 Å². The van der Waals surface area contributed by atoms with Gasteiger partial charge in [-0.05, 0) is 49.9 Å². The molecule has 0 bridgehead atoms. The van der Waals surface area contributed by atoms with Crippen molar-refractivity contribution < 1.29 is 9.21 Å². The Morgan fingerprint density at radius 3 is 2.79 bits per heavy atom. The van der Waals surface area contributed by atoms with Crippen LogP contribution in [0, 0.1) is 12.8 Å². The van der Waals surface area contributed by atoms with Crippen molar-refractivity contribution in [3.63, 3.8) is 0 Å². The van der Waals surface area contributed by atoms with E-state index in [9.17, 15) is 9.59 Å². The minimum atomic E-state index is -0.371. The van der Waals surface area contributed by atoms with Gasteiger partial charge in [-0.3, -0.25) is 14.5 Å². The summed E-state index contributed by atoms with van der Waals surface area (Å²) < 4.78 is 6.85. The maximum absolute atomic E-state index is 12.9. The third-order valence-corrected chi connectivity index (χ3v) is 5.53. The van der Waals surface area contributed by atoms with Crippen LogP contribution in [0.25, 0.3) is 11.1 Å². The Kier molecular flexibility index (Phi) is 5.24. The van der Waals surface area contributed by atoms with Crippen LogP contribution in [0.5, 0.6) is 0 Å². The molecule has 1 aromatic carbocycles. The van der Waals surface area contributed by atoms with E-state index < -0.39 is 0 Å². The van der Waals surface area contributed by atoms with Crippen LogP contribution in [0.2, 0.25) is 0 Å². The smallest absolute Gasteiger partial charge is 0.265 e. The highest BCUT2D eigenvalue weighted by molar-refractivity contribution is 6.12. The molecule has 1 N–H and O–H groups in total. The van der Waals surface area contributed by atoms with E-state index in [0.717, 1.165) is 25.6 Å². The monoisotopic (exact) mass is 394 g/mol. The molecule has 1 unspecified atom stereocenters. The molecule has 1 amide bonds. The Morgan fingerprint density at radius 1 is 1.31 bits per heavy atom. The number of benzene rings is 1. The number of furan rings is 1. The van der Waals surface area contributed by atoms with Crippen LogP contribution < -0.4 is 10.9 Å². The molecule has 152 valence electrons. The number of anilines is 1. The Labute approximate surface area is 169 Å². The molecule has 1 fully saturated rings. The molecule has 29 heavy (non-hydrogen) atoms. The minimum Gasteiger partial charge on any atom is -0.442 e. The zero-order chi connectivity index (χ0) is 20.5. The lowest BCUT2D eigenvalue weighted by Gasteiger charge is -2.30. The van der Waals surface area contributed by atoms with Crippen molar-refractivity contribution in [2.24, 2.45) is 13.0 Å². The van der Waals surface area contributed by atoms with Crippen molar-refractivity contribution in [3.8, 4) is 0 Å². The van der Waals surface area contributed by atoms with Gasteiger partial charge in [0.05, 0.1) is 5.56 Å². The number of aromatic nitrogens is 2. The van der Waals surface area contributed by atoms with Gasteiger partial charge in [0.2, 0.25) is 5.71 Å². The lowest BCUT2D eigenvalue weighted by Crippen LogP contribution is -2.33. The van der Waals surface area contributed by atoms with Crippen LogP contribution in [-0.2, 0) is 13.6 Å². The zero-order valence-electron chi connectivity index (χ0n) is 17.1. The fourth-order valence-electron chi connectivity index (χ4n) is 4.04. The van der Waals surface area contributed by atoms with E-state index in [0.29, 0.717) is 11.4 Å². The lowest BCUT2D eigenvalue weighted by atomic mass is 10.00. The molecular weight excluding hydrogens is 368 g/mol. The van der Waals surface area contributed by atoms with E-state index in [1.807, 2.05) is 24.3 Å². The number of hydrogen-bond acceptors (Lipinski definition) is 5. The topological polar surface area (TPSA) is 80.4 Å². The van der Waals surface area contributed by atoms with Crippen molar-refractivity contribution >= 4 is 22.7 Å². The SMILES string of the molecule is Cc1oc2ncn(C)c(=O)c2c1C(=O)Nc1ccc(CN2CCCC(C)C2)cc1. The highest BCUT2D eigenvalue weighted by Gasteiger charge is 2.22. The first-order chi connectivity index (χ1) is 13.9. The predicted octanol–water partition coefficient (Wildman–Crippen LogP) is 3.32. The standard InChI is InChI=1S/C22H26N4O3/c1-14-5-4-10-26(11-14)12-16-6-8-17(9-7-16)24-20(27)18-15(2)29-21-19(18)22(28)25(3)13-23-21/h6-9,13-14H,4-5,10-12H2,1-3H3,(H,24,27). The number of carbonyl (C=O) groups excluding carboxylic acids is 1. The first-order valence-corrected chi connectivity index (χ1v) is 9.99. The number of amides is 1. The van der Waals surface area contributed by atoms with Gasteiger partial charge in [0, 0.05) is 25.8 Å². The van der Waals surface area contributed by atoms with Crippen LogP contribution >= 0.6 is 0 Å². The minimum absolute atomic E-state index is 0.182. The maximum Gasteiger partial charge on any atom is 0.265 e. The Bertz CT molecular complexity index is 1100. The second-order valence-electron chi connectivity index (χ2n) is 8.01. The van der Waals surface area contributed by atoms with Crippen LogP contribution in [-0.4, -0.2) is 33.4 Å². The number of carbonyl (C=O) groups is 1. The van der Waals surface area contributed by atoms with E-state index in [1.54, 1.807) is 14.0 Å². The van der Waals surface area contributed by atoms with Gasteiger partial charge < -0.3 is 14.3 Å². The molecule has 0 aliphatic carbocycles. The summed E-state index contributed by atoms with van der Waals surface area (Å²) in [6, 6.07) is 7.87. The Hall–Kier alpha value is -2.93. The van der Waals surface area contributed by atoms with Gasteiger partial charge in [0.25, 0.3) is 11.5 Å². The third-order valence-electron chi connectivity index (χ3n) is 5.53. The highest BCUT2D eigenvalue weighted by Crippen LogP contribution is 2.23. The highest BCUT2D eigenvalue weighted by atomic mass is 16.3. The van der Waals surface area contributed by atoms with Gasteiger partial charge in [-0.2, -0.15) is 0 Å². The first-order valence-electron chi connectivity index (χ1n) is 9.99. The summed E-state index contributed by atoms with van der Waals surface area (Å²) in [5.41, 5.74) is 2.02. The quantitative estimate of drug-likeness (QED) is 0.734. The number of nitrogens with one attached hydrogen (secondary N) is 1. The van der Waals surface area contributed by atoms with E-state index >= 15 is 0 Å². The summed E-state index contributed by atoms with van der Waals surface area (Å²) in [6.45, 7) is 7.16. The Balaban J connectivity index is 1.51. The first kappa shape index (κ1) is 19.4. The van der Waals surface area contributed by atoms with E-state index in [-0.39, 0.29) is 28.1 Å². The van der Waals surface area contributed by atoms with Crippen molar-refractivity contribution in [2.45, 2.75) is 33.2 Å². The van der Waals surface area contributed by atoms with Crippen molar-refractivity contribution in [1.29, 1.82) is 0 Å². The molecule has 7 nitrogen and oxygen atoms in total. The van der Waals surface area contributed by atoms with E-state index in [1.165, 1.54) is 29.3 Å². The molecule has 3 aromatic rings. The van der Waals surface area contributed by atoms with Gasteiger partial charge in [-0.15, -0.1) is 0 Å². The second-order valence-corrected chi connectivity index (χ2v) is 8.01. The van der Waals surface area contributed by atoms with Crippen molar-refractivity contribution in [2.75, 3.05) is 18.4 Å². The molecule has 1 aliphatic heterocycles. The zero-order valence-corrected chi connectivity index (χ0v) is 17.1. The molecular formula is C22H26N4O3. The normalized spacial score (nSPS) is 17.6. The summed E-state index contributed by atoms with van der Waals surface area (Å²) >= 11 is 0. The van der Waals surface area contributed by atoms with Gasteiger partial charge in [0.1, 0.15) is 17.5 Å². The number of piperidine rings is 1. The molecule has 1 atom stereocenters. The van der Waals surface area contributed by atoms with E-state index in [4.69, 9.17) is 4.42 Å². The number of likely N-dealkylation sites (tertiary alicyclic amines) is 1. The summed E-state index contributed by atoms with van der Waals surface area (Å²) in [4.78, 5) is 31.9. The average molecular weight is 394 g/mol. The summed E-state index contributed by atoms with van der Waals surface area (Å²) in [7, 11) is 1.60. The molecule has 7 heteroatoms. The second kappa shape index (κ2) is 7.83. The molecule has 0 radical (unpaired) electrons. The molecule has 0 spiro atoms. The number of aryl methyl sites for hydroxylation is 2. The van der Waals surface area contributed by atoms with Gasteiger partial charge >= 0.3 is 0 Å². The van der Waals surface area contributed by atoms with Crippen molar-refractivity contribution in [1.82, 2.24) is 14.5 Å². The average Bonchev–Trinajstić information content (AvgIpc) is 3.03. The van der Waals surface area contributed by atoms with Crippen LogP contribution in [0.15, 0.2) is 39.8 Å². The fraction of sp³-hybridized carbons (Fsp3) is 0.409. The number of nitrogens with zero attached hydrogens (tertiary/aromatic N) is 3. The molecule has 4 rings (SSSR count). The largest absolute Gasteiger partial charge is 0.442 e.